The van der Waals surface area contributed by atoms with E-state index in [1.54, 1.807) is 18.3 Å². The number of rotatable bonds is 10. The number of methoxy groups -OCH3 is 1. The molecular formula is C43H54N2O5. The standard InChI is InChI=1S/C43H54N2O5/c1-5-6-9-28-20-30(21-29-18-19-45-41(44)24-29)22-32-14-16-35(34-11-8-7-10-31(34)13-12-27(2)3)36-26-39(47)40(50-4)25-33(36)15-17-38(46)43(49)42(48)37(32)23-28/h7-8,10-11,18-19,24-28,30,32,35,37,43,47,49H,5-6,9,12-13,15,17,20-23H2,1-4H3,(H2,44,45). The van der Waals surface area contributed by atoms with Crippen LogP contribution >= 0.6 is 0 Å². The molecule has 266 valence electrons. The van der Waals surface area contributed by atoms with Crippen molar-refractivity contribution in [1.82, 2.24) is 4.98 Å². The number of carbonyl (C=O) groups excluding carboxylic acids is 2. The summed E-state index contributed by atoms with van der Waals surface area (Å²) >= 11 is 0. The molecule has 1 aromatic heterocycles. The zero-order chi connectivity index (χ0) is 35.8. The molecule has 7 heteroatoms. The zero-order valence-electron chi connectivity index (χ0n) is 30.2. The Morgan fingerprint density at radius 1 is 1.00 bits per heavy atom. The number of fused-ring (bicyclic) bond motifs is 2. The van der Waals surface area contributed by atoms with E-state index in [0.29, 0.717) is 30.3 Å². The van der Waals surface area contributed by atoms with Crippen LogP contribution in [-0.2, 0) is 28.9 Å². The molecule has 2 aliphatic rings. The fraction of sp³-hybridized carbons (Fsp3) is 0.512. The summed E-state index contributed by atoms with van der Waals surface area (Å²) in [5.74, 6) is 6.93. The molecule has 6 unspecified atom stereocenters. The van der Waals surface area contributed by atoms with E-state index in [9.17, 15) is 19.8 Å². The molecule has 2 aliphatic carbocycles. The van der Waals surface area contributed by atoms with Crippen molar-refractivity contribution in [2.45, 2.75) is 103 Å². The van der Waals surface area contributed by atoms with Crippen LogP contribution < -0.4 is 10.5 Å². The second kappa shape index (κ2) is 17.2. The number of Topliss-reactive ketones (excluding diaryl/α,β-unsaturated/α-hetero) is 2. The van der Waals surface area contributed by atoms with Gasteiger partial charge in [0, 0.05) is 24.5 Å². The lowest BCUT2D eigenvalue weighted by Crippen LogP contribution is -2.38. The first-order valence-electron chi connectivity index (χ1n) is 18.5. The SMILES string of the molecule is CCCCC1CC(Cc2ccnc(N)c2)CC2C#CC(c3ccccc3CCC(C)C)c3cc(O)c(OC)cc3CCC(=O)C(O)C(=O)C2C1. The lowest BCUT2D eigenvalue weighted by molar-refractivity contribution is -0.142. The van der Waals surface area contributed by atoms with E-state index in [1.165, 1.54) is 12.7 Å². The van der Waals surface area contributed by atoms with Crippen molar-refractivity contribution in [2.24, 2.45) is 29.6 Å². The largest absolute Gasteiger partial charge is 0.504 e. The quantitative estimate of drug-likeness (QED) is 0.149. The van der Waals surface area contributed by atoms with E-state index in [1.807, 2.05) is 18.2 Å². The minimum Gasteiger partial charge on any atom is -0.504 e. The summed E-state index contributed by atoms with van der Waals surface area (Å²) in [7, 11) is 1.50. The summed E-state index contributed by atoms with van der Waals surface area (Å²) in [6, 6.07) is 15.8. The Morgan fingerprint density at radius 3 is 2.54 bits per heavy atom. The van der Waals surface area contributed by atoms with E-state index in [0.717, 1.165) is 67.2 Å². The third-order valence-corrected chi connectivity index (χ3v) is 10.8. The Bertz CT molecular complexity index is 1700. The minimum absolute atomic E-state index is 0.00821. The number of ether oxygens (including phenoxy) is 1. The molecular weight excluding hydrogens is 624 g/mol. The molecule has 1 heterocycles. The number of anilines is 1. The minimum atomic E-state index is -1.69. The number of aryl methyl sites for hydroxylation is 2. The molecule has 1 saturated carbocycles. The number of nitrogens with zero attached hydrogens (tertiary/aromatic N) is 1. The number of aliphatic hydroxyl groups is 1. The van der Waals surface area contributed by atoms with Gasteiger partial charge in [0.15, 0.2) is 29.2 Å². The van der Waals surface area contributed by atoms with Crippen LogP contribution in [0.5, 0.6) is 11.5 Å². The fourth-order valence-electron chi connectivity index (χ4n) is 8.07. The lowest BCUT2D eigenvalue weighted by Gasteiger charge is -2.26. The molecule has 7 nitrogen and oxygen atoms in total. The Hall–Kier alpha value is -4.15. The van der Waals surface area contributed by atoms with Crippen molar-refractivity contribution in [3.8, 4) is 23.3 Å². The van der Waals surface area contributed by atoms with E-state index < -0.39 is 29.5 Å². The van der Waals surface area contributed by atoms with Gasteiger partial charge in [0.1, 0.15) is 5.82 Å². The maximum Gasteiger partial charge on any atom is 0.173 e. The van der Waals surface area contributed by atoms with Crippen molar-refractivity contribution in [3.05, 3.63) is 82.5 Å². The Labute approximate surface area is 298 Å². The highest BCUT2D eigenvalue weighted by Crippen LogP contribution is 2.42. The van der Waals surface area contributed by atoms with Gasteiger partial charge >= 0.3 is 0 Å². The maximum atomic E-state index is 14.2. The molecule has 0 aliphatic heterocycles. The molecule has 4 N–H and O–H groups in total. The predicted octanol–water partition coefficient (Wildman–Crippen LogP) is 7.63. The smallest absolute Gasteiger partial charge is 0.173 e. The third kappa shape index (κ3) is 9.14. The number of unbranched alkanes of at least 4 members (excludes halogenated alkanes) is 1. The van der Waals surface area contributed by atoms with E-state index in [4.69, 9.17) is 10.5 Å². The highest BCUT2D eigenvalue weighted by atomic mass is 16.5. The molecule has 0 radical (unpaired) electrons. The van der Waals surface area contributed by atoms with Crippen LogP contribution in [0.3, 0.4) is 0 Å². The van der Waals surface area contributed by atoms with Crippen LogP contribution in [0.15, 0.2) is 54.7 Å². The average molecular weight is 679 g/mol. The number of aromatic hydroxyl groups is 1. The number of benzene rings is 2. The second-order valence-corrected chi connectivity index (χ2v) is 14.9. The summed E-state index contributed by atoms with van der Waals surface area (Å²) in [5, 5.41) is 22.4. The van der Waals surface area contributed by atoms with Crippen LogP contribution in [0.25, 0.3) is 0 Å². The number of aliphatic hydroxyl groups excluding tert-OH is 1. The molecule has 5 rings (SSSR count). The highest BCUT2D eigenvalue weighted by molar-refractivity contribution is 6.06. The summed E-state index contributed by atoms with van der Waals surface area (Å²) in [4.78, 5) is 32.0. The van der Waals surface area contributed by atoms with Gasteiger partial charge < -0.3 is 20.7 Å². The van der Waals surface area contributed by atoms with Gasteiger partial charge in [0.2, 0.25) is 0 Å². The number of nitrogens with two attached hydrogens (primary N) is 1. The molecule has 0 bridgehead atoms. The van der Waals surface area contributed by atoms with E-state index in [-0.39, 0.29) is 36.3 Å². The zero-order valence-corrected chi connectivity index (χ0v) is 30.2. The summed E-state index contributed by atoms with van der Waals surface area (Å²) < 4.78 is 5.48. The van der Waals surface area contributed by atoms with E-state index >= 15 is 0 Å². The molecule has 6 atom stereocenters. The highest BCUT2D eigenvalue weighted by Gasteiger charge is 2.40. The third-order valence-electron chi connectivity index (χ3n) is 10.8. The summed E-state index contributed by atoms with van der Waals surface area (Å²) in [6.45, 7) is 6.62. The van der Waals surface area contributed by atoms with Gasteiger partial charge in [-0.05, 0) is 115 Å². The number of nitrogen functional groups attached to an aromatic ring is 1. The van der Waals surface area contributed by atoms with Gasteiger partial charge in [-0.15, -0.1) is 0 Å². The van der Waals surface area contributed by atoms with Crippen molar-refractivity contribution in [1.29, 1.82) is 0 Å². The molecule has 0 spiro atoms. The number of pyridine rings is 1. The van der Waals surface area contributed by atoms with Crippen molar-refractivity contribution in [3.63, 3.8) is 0 Å². The fourth-order valence-corrected chi connectivity index (χ4v) is 8.07. The molecule has 0 amide bonds. The van der Waals surface area contributed by atoms with Crippen LogP contribution in [-0.4, -0.2) is 40.0 Å². The molecule has 3 aromatic rings. The molecule has 50 heavy (non-hydrogen) atoms. The first kappa shape index (κ1) is 37.1. The molecule has 0 saturated heterocycles. The Morgan fingerprint density at radius 2 is 1.80 bits per heavy atom. The van der Waals surface area contributed by atoms with Gasteiger partial charge in [-0.2, -0.15) is 0 Å². The van der Waals surface area contributed by atoms with E-state index in [2.05, 4.69) is 55.8 Å². The first-order chi connectivity index (χ1) is 24.1. The topological polar surface area (TPSA) is 123 Å². The van der Waals surface area contributed by atoms with Gasteiger partial charge in [0.25, 0.3) is 0 Å². The van der Waals surface area contributed by atoms with Gasteiger partial charge in [-0.3, -0.25) is 9.59 Å². The number of hydrogen-bond acceptors (Lipinski definition) is 7. The van der Waals surface area contributed by atoms with Crippen molar-refractivity contribution < 1.29 is 24.5 Å². The Kier molecular flexibility index (Phi) is 12.8. The molecule has 2 aromatic carbocycles. The normalized spacial score (nSPS) is 24.2. The lowest BCUT2D eigenvalue weighted by atomic mass is 9.77. The Balaban J connectivity index is 1.68. The van der Waals surface area contributed by atoms with Gasteiger partial charge in [-0.1, -0.05) is 76.1 Å². The number of aromatic nitrogens is 1. The number of phenolic OH excluding ortho intramolecular Hbond substituents is 1. The monoisotopic (exact) mass is 678 g/mol. The van der Waals surface area contributed by atoms with Crippen LogP contribution in [0.1, 0.15) is 106 Å². The number of ketones is 2. The molecule has 1 fully saturated rings. The summed E-state index contributed by atoms with van der Waals surface area (Å²) in [6.07, 6.45) is 8.30. The summed E-state index contributed by atoms with van der Waals surface area (Å²) in [5.41, 5.74) is 11.0. The number of phenols is 1. The predicted molar refractivity (Wildman–Crippen MR) is 198 cm³/mol. The van der Waals surface area contributed by atoms with Gasteiger partial charge in [-0.25, -0.2) is 4.98 Å². The maximum absolute atomic E-state index is 14.2. The van der Waals surface area contributed by atoms with Crippen LogP contribution in [0, 0.1) is 41.4 Å². The first-order valence-corrected chi connectivity index (χ1v) is 18.5. The van der Waals surface area contributed by atoms with Crippen LogP contribution in [0.2, 0.25) is 0 Å². The average Bonchev–Trinajstić information content (AvgIpc) is 3.27. The van der Waals surface area contributed by atoms with Gasteiger partial charge in [0.05, 0.1) is 13.0 Å². The number of hydrogen-bond donors (Lipinski definition) is 3. The van der Waals surface area contributed by atoms with Crippen molar-refractivity contribution in [2.75, 3.05) is 12.8 Å². The number of carbonyl (C=O) groups is 2. The van der Waals surface area contributed by atoms with Crippen LogP contribution in [0.4, 0.5) is 5.82 Å². The van der Waals surface area contributed by atoms with Crippen molar-refractivity contribution >= 4 is 17.4 Å². The second-order valence-electron chi connectivity index (χ2n) is 14.9.